The van der Waals surface area contributed by atoms with E-state index < -0.39 is 6.04 Å². The number of hydrogen-bond acceptors (Lipinski definition) is 4. The highest BCUT2D eigenvalue weighted by Crippen LogP contribution is 2.19. The van der Waals surface area contributed by atoms with Gasteiger partial charge in [-0.3, -0.25) is 15.1 Å². The summed E-state index contributed by atoms with van der Waals surface area (Å²) in [6, 6.07) is -0.299. The molecular weight excluding hydrogens is 158 g/mol. The second kappa shape index (κ2) is 2.58. The lowest BCUT2D eigenvalue weighted by Crippen LogP contribution is -2.39. The minimum Gasteiger partial charge on any atom is -0.371 e. The molecule has 3 atom stereocenters. The maximum absolute atomic E-state index is 10.4. The molecule has 3 unspecified atom stereocenters. The first kappa shape index (κ1) is 7.27. The summed E-state index contributed by atoms with van der Waals surface area (Å²) in [7, 11) is 0. The van der Waals surface area contributed by atoms with Gasteiger partial charge in [0.25, 0.3) is 0 Å². The van der Waals surface area contributed by atoms with Crippen molar-refractivity contribution < 1.29 is 4.92 Å². The molecule has 0 spiro atoms. The van der Waals surface area contributed by atoms with Gasteiger partial charge in [0.05, 0.1) is 18.4 Å². The Kier molecular flexibility index (Phi) is 1.56. The largest absolute Gasteiger partial charge is 0.371 e. The molecule has 5 heteroatoms. The van der Waals surface area contributed by atoms with Crippen LogP contribution in [0.1, 0.15) is 6.42 Å². The Morgan fingerprint density at radius 2 is 2.42 bits per heavy atom. The van der Waals surface area contributed by atoms with Crippen LogP contribution in [-0.4, -0.2) is 29.4 Å². The Balaban J connectivity index is 2.11. The average Bonchev–Trinajstić information content (AvgIpc) is 2.49. The van der Waals surface area contributed by atoms with E-state index in [0.29, 0.717) is 6.42 Å². The quantitative estimate of drug-likeness (QED) is 0.338. The third-order valence-electron chi connectivity index (χ3n) is 2.24. The number of nitrogens with one attached hydrogen (secondary N) is 1. The first-order chi connectivity index (χ1) is 5.77. The van der Waals surface area contributed by atoms with Crippen LogP contribution in [0.4, 0.5) is 0 Å². The van der Waals surface area contributed by atoms with Crippen LogP contribution in [0.3, 0.4) is 0 Å². The van der Waals surface area contributed by atoms with Crippen LogP contribution >= 0.6 is 0 Å². The van der Waals surface area contributed by atoms with Crippen LogP contribution in [0.5, 0.6) is 0 Å². The minimum atomic E-state index is -0.541. The summed E-state index contributed by atoms with van der Waals surface area (Å²) < 4.78 is 0. The average molecular weight is 167 g/mol. The molecule has 1 heterocycles. The Labute approximate surface area is 69.3 Å². The number of nitro groups is 1. The van der Waals surface area contributed by atoms with E-state index in [1.165, 1.54) is 0 Å². The van der Waals surface area contributed by atoms with E-state index in [-0.39, 0.29) is 17.0 Å². The molecule has 1 aliphatic heterocycles. The summed E-state index contributed by atoms with van der Waals surface area (Å²) in [4.78, 5) is 14.3. The summed E-state index contributed by atoms with van der Waals surface area (Å²) in [6.07, 6.45) is 5.60. The van der Waals surface area contributed by atoms with Crippen LogP contribution in [0, 0.1) is 10.1 Å². The second-order valence-electron chi connectivity index (χ2n) is 3.02. The molecule has 1 N–H and O–H groups in total. The van der Waals surface area contributed by atoms with Crippen molar-refractivity contribution in [3.05, 3.63) is 22.3 Å². The SMILES string of the molecule is O=[N+]([O-])C1C=CC2N=CNC2C1. The predicted molar refractivity (Wildman–Crippen MR) is 43.7 cm³/mol. The fraction of sp³-hybridized carbons (Fsp3) is 0.571. The minimum absolute atomic E-state index is 0.112. The highest BCUT2D eigenvalue weighted by molar-refractivity contribution is 5.59. The van der Waals surface area contributed by atoms with Gasteiger partial charge in [-0.25, -0.2) is 0 Å². The predicted octanol–water partition coefficient (Wildman–Crippen LogP) is -0.0397. The van der Waals surface area contributed by atoms with E-state index in [9.17, 15) is 10.1 Å². The maximum Gasteiger partial charge on any atom is 0.233 e. The molecule has 1 aliphatic carbocycles. The van der Waals surface area contributed by atoms with E-state index in [1.807, 2.05) is 0 Å². The number of rotatable bonds is 1. The Morgan fingerprint density at radius 1 is 1.58 bits per heavy atom. The van der Waals surface area contributed by atoms with Gasteiger partial charge in [-0.05, 0) is 6.08 Å². The van der Waals surface area contributed by atoms with Gasteiger partial charge in [-0.15, -0.1) is 0 Å². The van der Waals surface area contributed by atoms with Gasteiger partial charge in [0.15, 0.2) is 0 Å². The van der Waals surface area contributed by atoms with Crippen LogP contribution in [-0.2, 0) is 0 Å². The Hall–Kier alpha value is -1.39. The molecule has 0 aromatic carbocycles. The number of aliphatic imine (C=N–C) groups is 1. The van der Waals surface area contributed by atoms with Gasteiger partial charge in [0, 0.05) is 11.3 Å². The first-order valence-electron chi connectivity index (χ1n) is 3.87. The van der Waals surface area contributed by atoms with Gasteiger partial charge in [0.2, 0.25) is 6.04 Å². The van der Waals surface area contributed by atoms with Crippen molar-refractivity contribution in [1.29, 1.82) is 0 Å². The molecular formula is C7H9N3O2. The lowest BCUT2D eigenvalue weighted by Gasteiger charge is -2.20. The molecule has 64 valence electrons. The molecule has 0 saturated heterocycles. The number of fused-ring (bicyclic) bond motifs is 1. The molecule has 0 aromatic heterocycles. The smallest absolute Gasteiger partial charge is 0.233 e. The molecule has 0 amide bonds. The lowest BCUT2D eigenvalue weighted by atomic mass is 9.95. The molecule has 0 bridgehead atoms. The maximum atomic E-state index is 10.4. The summed E-state index contributed by atoms with van der Waals surface area (Å²) in [6.45, 7) is 0. The van der Waals surface area contributed by atoms with E-state index in [2.05, 4.69) is 10.3 Å². The zero-order chi connectivity index (χ0) is 8.55. The summed E-state index contributed by atoms with van der Waals surface area (Å²) in [5.74, 6) is 0. The molecule has 5 nitrogen and oxygen atoms in total. The highest BCUT2D eigenvalue weighted by Gasteiger charge is 2.33. The van der Waals surface area contributed by atoms with E-state index in [0.717, 1.165) is 0 Å². The fourth-order valence-electron chi connectivity index (χ4n) is 1.56. The van der Waals surface area contributed by atoms with Crippen molar-refractivity contribution in [2.75, 3.05) is 0 Å². The topological polar surface area (TPSA) is 67.5 Å². The van der Waals surface area contributed by atoms with Gasteiger partial charge in [0.1, 0.15) is 0 Å². The van der Waals surface area contributed by atoms with E-state index in [4.69, 9.17) is 0 Å². The van der Waals surface area contributed by atoms with Crippen molar-refractivity contribution >= 4 is 6.34 Å². The summed E-state index contributed by atoms with van der Waals surface area (Å²) in [5, 5.41) is 13.4. The summed E-state index contributed by atoms with van der Waals surface area (Å²) >= 11 is 0. The van der Waals surface area contributed by atoms with Crippen molar-refractivity contribution in [1.82, 2.24) is 5.32 Å². The molecule has 0 aromatic rings. The number of hydrogen-bond donors (Lipinski definition) is 1. The highest BCUT2D eigenvalue weighted by atomic mass is 16.6. The van der Waals surface area contributed by atoms with E-state index in [1.54, 1.807) is 18.5 Å². The molecule has 0 saturated carbocycles. The van der Waals surface area contributed by atoms with Crippen molar-refractivity contribution in [2.24, 2.45) is 4.99 Å². The lowest BCUT2D eigenvalue weighted by molar-refractivity contribution is -0.511. The van der Waals surface area contributed by atoms with Crippen LogP contribution in [0.2, 0.25) is 0 Å². The van der Waals surface area contributed by atoms with Crippen molar-refractivity contribution in [3.63, 3.8) is 0 Å². The van der Waals surface area contributed by atoms with Gasteiger partial charge in [-0.2, -0.15) is 0 Å². The zero-order valence-corrected chi connectivity index (χ0v) is 6.38. The Bertz CT molecular complexity index is 261. The third-order valence-corrected chi connectivity index (χ3v) is 2.24. The molecule has 2 aliphatic rings. The van der Waals surface area contributed by atoms with Gasteiger partial charge >= 0.3 is 0 Å². The van der Waals surface area contributed by atoms with Crippen molar-refractivity contribution in [3.8, 4) is 0 Å². The summed E-state index contributed by atoms with van der Waals surface area (Å²) in [5.41, 5.74) is 0. The van der Waals surface area contributed by atoms with Gasteiger partial charge < -0.3 is 5.32 Å². The van der Waals surface area contributed by atoms with Crippen LogP contribution < -0.4 is 5.32 Å². The monoisotopic (exact) mass is 167 g/mol. The van der Waals surface area contributed by atoms with Crippen LogP contribution in [0.15, 0.2) is 17.1 Å². The van der Waals surface area contributed by atoms with E-state index >= 15 is 0 Å². The second-order valence-corrected chi connectivity index (χ2v) is 3.02. The fourth-order valence-corrected chi connectivity index (χ4v) is 1.56. The van der Waals surface area contributed by atoms with Crippen molar-refractivity contribution in [2.45, 2.75) is 24.5 Å². The first-order valence-corrected chi connectivity index (χ1v) is 3.87. The third kappa shape index (κ3) is 1.07. The molecule has 12 heavy (non-hydrogen) atoms. The number of nitrogens with zero attached hydrogens (tertiary/aromatic N) is 2. The van der Waals surface area contributed by atoms with Crippen LogP contribution in [0.25, 0.3) is 0 Å². The zero-order valence-electron chi connectivity index (χ0n) is 6.38. The molecule has 2 rings (SSSR count). The molecule has 0 radical (unpaired) electrons. The standard InChI is InChI=1S/C7H9N3O2/c11-10(12)5-1-2-6-7(3-5)9-4-8-6/h1-2,4-7H,3H2,(H,8,9). The molecule has 0 fully saturated rings. The Morgan fingerprint density at radius 3 is 3.17 bits per heavy atom. The van der Waals surface area contributed by atoms with Gasteiger partial charge in [-0.1, -0.05) is 6.08 Å². The normalized spacial score (nSPS) is 37.5.